The number of carbonyl (C=O) groups excluding carboxylic acids is 5. The Morgan fingerprint density at radius 1 is 0.660 bits per heavy atom. The molecule has 10 heteroatoms. The van der Waals surface area contributed by atoms with E-state index in [1.54, 1.807) is 0 Å². The van der Waals surface area contributed by atoms with Crippen LogP contribution in [0.1, 0.15) is 150 Å². The van der Waals surface area contributed by atoms with Gasteiger partial charge in [0.05, 0.1) is 12.1 Å². The van der Waals surface area contributed by atoms with Crippen LogP contribution in [0.25, 0.3) is 0 Å². The summed E-state index contributed by atoms with van der Waals surface area (Å²) in [6.45, 7) is 11.1. The van der Waals surface area contributed by atoms with Crippen LogP contribution in [0, 0.1) is 17.3 Å². The zero-order chi connectivity index (χ0) is 35.7. The molecule has 0 aromatic heterocycles. The van der Waals surface area contributed by atoms with E-state index in [2.05, 4.69) is 28.2 Å². The Labute approximate surface area is 286 Å². The van der Waals surface area contributed by atoms with Crippen LogP contribution < -0.4 is 27.0 Å². The van der Waals surface area contributed by atoms with Crippen LogP contribution in [0.5, 0.6) is 0 Å². The van der Waals surface area contributed by atoms with E-state index >= 15 is 0 Å². The van der Waals surface area contributed by atoms with Gasteiger partial charge in [-0.2, -0.15) is 0 Å². The maximum absolute atomic E-state index is 13.4. The third kappa shape index (κ3) is 21.3. The van der Waals surface area contributed by atoms with E-state index in [0.29, 0.717) is 45.1 Å². The van der Waals surface area contributed by atoms with Gasteiger partial charge in [-0.05, 0) is 78.4 Å². The van der Waals surface area contributed by atoms with Gasteiger partial charge < -0.3 is 27.0 Å². The summed E-state index contributed by atoms with van der Waals surface area (Å²) in [7, 11) is 3.74. The second-order valence-electron chi connectivity index (χ2n) is 14.3. The number of amides is 3. The second-order valence-corrected chi connectivity index (χ2v) is 14.3. The fourth-order valence-corrected chi connectivity index (χ4v) is 5.72. The summed E-state index contributed by atoms with van der Waals surface area (Å²) >= 11 is 0. The molecular weight excluding hydrogens is 594 g/mol. The highest BCUT2D eigenvalue weighted by Gasteiger charge is 2.27. The highest BCUT2D eigenvalue weighted by atomic mass is 16.2. The molecule has 3 amide bonds. The summed E-state index contributed by atoms with van der Waals surface area (Å²) in [5, 5.41) is 12.4. The van der Waals surface area contributed by atoms with Crippen molar-refractivity contribution in [3.05, 3.63) is 0 Å². The molecule has 0 saturated carbocycles. The third-order valence-electron chi connectivity index (χ3n) is 9.17. The number of unbranched alkanes of at least 4 members (excludes halogenated alkanes) is 7. The molecule has 274 valence electrons. The van der Waals surface area contributed by atoms with Gasteiger partial charge in [0, 0.05) is 36.6 Å². The molecular formula is C37H71N5O5. The van der Waals surface area contributed by atoms with Crippen molar-refractivity contribution in [2.24, 2.45) is 23.0 Å². The first-order valence-corrected chi connectivity index (χ1v) is 18.6. The number of hydrogen-bond donors (Lipinski definition) is 5. The molecule has 0 aromatic rings. The third-order valence-corrected chi connectivity index (χ3v) is 9.17. The fraction of sp³-hybridized carbons (Fsp3) is 0.865. The molecule has 0 aromatic carbocycles. The lowest BCUT2D eigenvalue weighted by atomic mass is 9.83. The van der Waals surface area contributed by atoms with Crippen LogP contribution in [0.4, 0.5) is 0 Å². The Morgan fingerprint density at radius 3 is 1.83 bits per heavy atom. The van der Waals surface area contributed by atoms with E-state index in [1.165, 1.54) is 6.42 Å². The van der Waals surface area contributed by atoms with E-state index in [-0.39, 0.29) is 41.8 Å². The number of rotatable bonds is 30. The van der Waals surface area contributed by atoms with Crippen molar-refractivity contribution in [1.29, 1.82) is 0 Å². The van der Waals surface area contributed by atoms with E-state index in [1.807, 2.05) is 41.8 Å². The predicted molar refractivity (Wildman–Crippen MR) is 192 cm³/mol. The molecule has 4 atom stereocenters. The Morgan fingerprint density at radius 2 is 1.23 bits per heavy atom. The summed E-state index contributed by atoms with van der Waals surface area (Å²) in [5.41, 5.74) is 5.06. The van der Waals surface area contributed by atoms with Gasteiger partial charge >= 0.3 is 0 Å². The Bertz CT molecular complexity index is 904. The molecule has 0 aliphatic rings. The first kappa shape index (κ1) is 44.7. The number of carbonyl (C=O) groups is 5. The summed E-state index contributed by atoms with van der Waals surface area (Å²) in [4.78, 5) is 63.6. The van der Waals surface area contributed by atoms with E-state index in [0.717, 1.165) is 70.8 Å². The SMILES string of the molecule is CCCCCCC(NC)C(=O)NCCCCC(NC(=O)C(CC)CCCCNC)C(=O)CCCCCC(CC(=O)C(C)(C)C)C(N)=O. The largest absolute Gasteiger partial charge is 0.369 e. The summed E-state index contributed by atoms with van der Waals surface area (Å²) in [6, 6.07) is -0.757. The lowest BCUT2D eigenvalue weighted by molar-refractivity contribution is -0.131. The van der Waals surface area contributed by atoms with Gasteiger partial charge in [0.25, 0.3) is 0 Å². The molecule has 47 heavy (non-hydrogen) atoms. The number of ketones is 2. The van der Waals surface area contributed by atoms with Gasteiger partial charge in [-0.15, -0.1) is 0 Å². The standard InChI is InChI=1S/C37H71N5O5/c1-8-10-11-14-23-31(40-7)36(47)41-26-19-17-22-30(42-35(46)28(9-2)20-16-18-25-39-6)32(43)24-15-12-13-21-29(34(38)45)27-33(44)37(3,4)5/h28-31,39-40H,8-27H2,1-7H3,(H2,38,45)(H,41,47)(H,42,46). The molecule has 0 fully saturated rings. The number of hydrogen-bond acceptors (Lipinski definition) is 7. The van der Waals surface area contributed by atoms with Crippen LogP contribution in [0.3, 0.4) is 0 Å². The van der Waals surface area contributed by atoms with Crippen LogP contribution in [0.15, 0.2) is 0 Å². The van der Waals surface area contributed by atoms with E-state index in [9.17, 15) is 24.0 Å². The Hall–Kier alpha value is -2.33. The molecule has 4 unspecified atom stereocenters. The first-order chi connectivity index (χ1) is 22.3. The molecule has 0 aliphatic heterocycles. The summed E-state index contributed by atoms with van der Waals surface area (Å²) in [5.74, 6) is -1.09. The number of primary amides is 1. The molecule has 6 N–H and O–H groups in total. The second kappa shape index (κ2) is 26.6. The van der Waals surface area contributed by atoms with Crippen molar-refractivity contribution in [3.8, 4) is 0 Å². The van der Waals surface area contributed by atoms with Gasteiger partial charge in [0.2, 0.25) is 17.7 Å². The average molecular weight is 666 g/mol. The Kier molecular flexibility index (Phi) is 25.3. The van der Waals surface area contributed by atoms with Gasteiger partial charge in [0.1, 0.15) is 5.78 Å². The smallest absolute Gasteiger partial charge is 0.237 e. The molecule has 0 radical (unpaired) electrons. The molecule has 0 spiro atoms. The van der Waals surface area contributed by atoms with Crippen molar-refractivity contribution < 1.29 is 24.0 Å². The predicted octanol–water partition coefficient (Wildman–Crippen LogP) is 5.36. The van der Waals surface area contributed by atoms with Crippen molar-refractivity contribution in [2.45, 2.75) is 162 Å². The zero-order valence-electron chi connectivity index (χ0n) is 31.1. The number of nitrogens with one attached hydrogen (secondary N) is 4. The molecule has 10 nitrogen and oxygen atoms in total. The minimum absolute atomic E-state index is 0.00957. The Balaban J connectivity index is 5.04. The van der Waals surface area contributed by atoms with Gasteiger partial charge in [-0.1, -0.05) is 79.6 Å². The molecule has 0 heterocycles. The molecule has 0 aliphatic carbocycles. The van der Waals surface area contributed by atoms with Crippen molar-refractivity contribution in [3.63, 3.8) is 0 Å². The maximum atomic E-state index is 13.4. The highest BCUT2D eigenvalue weighted by Crippen LogP contribution is 2.23. The lowest BCUT2D eigenvalue weighted by Gasteiger charge is -2.22. The minimum atomic E-state index is -0.559. The van der Waals surface area contributed by atoms with Gasteiger partial charge in [0.15, 0.2) is 5.78 Å². The first-order valence-electron chi connectivity index (χ1n) is 18.6. The fourth-order valence-electron chi connectivity index (χ4n) is 5.72. The van der Waals surface area contributed by atoms with Crippen molar-refractivity contribution in [2.75, 3.05) is 27.2 Å². The van der Waals surface area contributed by atoms with Crippen molar-refractivity contribution >= 4 is 29.3 Å². The molecule has 0 rings (SSSR count). The topological polar surface area (TPSA) is 159 Å². The zero-order valence-corrected chi connectivity index (χ0v) is 31.1. The number of likely N-dealkylation sites (N-methyl/N-ethyl adjacent to an activating group) is 1. The van der Waals surface area contributed by atoms with Gasteiger partial charge in [-0.25, -0.2) is 0 Å². The van der Waals surface area contributed by atoms with Crippen LogP contribution >= 0.6 is 0 Å². The van der Waals surface area contributed by atoms with Crippen molar-refractivity contribution in [1.82, 2.24) is 21.3 Å². The normalized spacial score (nSPS) is 14.2. The maximum Gasteiger partial charge on any atom is 0.237 e. The lowest BCUT2D eigenvalue weighted by Crippen LogP contribution is -2.44. The van der Waals surface area contributed by atoms with E-state index < -0.39 is 23.3 Å². The minimum Gasteiger partial charge on any atom is -0.369 e. The van der Waals surface area contributed by atoms with Crippen LogP contribution in [-0.4, -0.2) is 68.6 Å². The quantitative estimate of drug-likeness (QED) is 0.0646. The molecule has 0 bridgehead atoms. The monoisotopic (exact) mass is 666 g/mol. The van der Waals surface area contributed by atoms with Crippen LogP contribution in [-0.2, 0) is 24.0 Å². The van der Waals surface area contributed by atoms with E-state index in [4.69, 9.17) is 5.73 Å². The average Bonchev–Trinajstić information content (AvgIpc) is 3.02. The summed E-state index contributed by atoms with van der Waals surface area (Å²) < 4.78 is 0. The van der Waals surface area contributed by atoms with Crippen LogP contribution in [0.2, 0.25) is 0 Å². The number of nitrogens with two attached hydrogens (primary N) is 1. The summed E-state index contributed by atoms with van der Waals surface area (Å²) in [6.07, 6.45) is 13.8. The van der Waals surface area contributed by atoms with Gasteiger partial charge in [-0.3, -0.25) is 24.0 Å². The number of Topliss-reactive ketones (excluding diaryl/α,β-unsaturated/α-hetero) is 2. The molecule has 0 saturated heterocycles. The highest BCUT2D eigenvalue weighted by molar-refractivity contribution is 5.90.